The highest BCUT2D eigenvalue weighted by atomic mass is 35.5. The van der Waals surface area contributed by atoms with E-state index in [1.165, 1.54) is 37.8 Å². The van der Waals surface area contributed by atoms with E-state index >= 15 is 0 Å². The van der Waals surface area contributed by atoms with Gasteiger partial charge in [0.05, 0.1) is 0 Å². The average Bonchev–Trinajstić information content (AvgIpc) is 2.62. The van der Waals surface area contributed by atoms with Gasteiger partial charge in [-0.15, -0.1) is 0 Å². The van der Waals surface area contributed by atoms with Crippen molar-refractivity contribution in [2.45, 2.75) is 51.4 Å². The van der Waals surface area contributed by atoms with Crippen LogP contribution in [0.15, 0.2) is 18.2 Å². The third kappa shape index (κ3) is 4.61. The summed E-state index contributed by atoms with van der Waals surface area (Å²) in [6.07, 6.45) is 8.07. The molecule has 2 rings (SSSR count). The molecule has 1 aliphatic rings. The monoisotopic (exact) mass is 282 g/mol. The quantitative estimate of drug-likeness (QED) is 0.714. The maximum Gasteiger partial charge on any atom is 0.137 e. The summed E-state index contributed by atoms with van der Waals surface area (Å²) >= 11 is 5.84. The van der Waals surface area contributed by atoms with E-state index in [0.29, 0.717) is 22.9 Å². The van der Waals surface area contributed by atoms with Crippen LogP contribution in [0.25, 0.3) is 0 Å². The summed E-state index contributed by atoms with van der Waals surface area (Å²) in [6.45, 7) is 0. The zero-order chi connectivity index (χ0) is 13.7. The Hall–Kier alpha value is -0.890. The first-order chi connectivity index (χ1) is 9.15. The van der Waals surface area contributed by atoms with E-state index in [2.05, 4.69) is 0 Å². The summed E-state index contributed by atoms with van der Waals surface area (Å²) in [5, 5.41) is 0.485. The maximum absolute atomic E-state index is 13.6. The fraction of sp³-hybridized carbons (Fsp3) is 0.562. The second-order valence-corrected chi connectivity index (χ2v) is 5.95. The van der Waals surface area contributed by atoms with Crippen molar-refractivity contribution < 1.29 is 9.18 Å². The molecular weight excluding hydrogens is 263 g/mol. The van der Waals surface area contributed by atoms with Gasteiger partial charge in [-0.2, -0.15) is 0 Å². The van der Waals surface area contributed by atoms with Crippen LogP contribution in [0.2, 0.25) is 5.02 Å². The third-order valence-corrected chi connectivity index (χ3v) is 4.12. The van der Waals surface area contributed by atoms with E-state index in [0.717, 1.165) is 12.8 Å². The lowest BCUT2D eigenvalue weighted by Crippen LogP contribution is -2.11. The Morgan fingerprint density at radius 3 is 2.58 bits per heavy atom. The molecule has 0 unspecified atom stereocenters. The van der Waals surface area contributed by atoms with Crippen molar-refractivity contribution in [1.82, 2.24) is 0 Å². The predicted octanol–water partition coefficient (Wildman–Crippen LogP) is 4.95. The van der Waals surface area contributed by atoms with Crippen LogP contribution in [-0.4, -0.2) is 5.78 Å². The summed E-state index contributed by atoms with van der Waals surface area (Å²) in [6, 6.07) is 4.40. The van der Waals surface area contributed by atoms with Crippen LogP contribution in [0.1, 0.15) is 50.5 Å². The molecule has 0 bridgehead atoms. The number of hydrogen-bond acceptors (Lipinski definition) is 1. The third-order valence-electron chi connectivity index (χ3n) is 3.89. The van der Waals surface area contributed by atoms with Crippen LogP contribution in [0, 0.1) is 11.7 Å². The molecule has 0 saturated heterocycles. The van der Waals surface area contributed by atoms with E-state index in [9.17, 15) is 9.18 Å². The van der Waals surface area contributed by atoms with Gasteiger partial charge in [0, 0.05) is 17.9 Å². The molecule has 1 aliphatic carbocycles. The van der Waals surface area contributed by atoms with Crippen LogP contribution >= 0.6 is 11.6 Å². The van der Waals surface area contributed by atoms with Gasteiger partial charge in [-0.1, -0.05) is 50.1 Å². The lowest BCUT2D eigenvalue weighted by atomic mass is 9.92. The Labute approximate surface area is 119 Å². The first kappa shape index (κ1) is 14.5. The molecule has 19 heavy (non-hydrogen) atoms. The van der Waals surface area contributed by atoms with E-state index < -0.39 is 0 Å². The minimum absolute atomic E-state index is 0.132. The SMILES string of the molecule is O=C(Cc1cc(Cl)ccc1F)CC1CCCCCC1. The predicted molar refractivity (Wildman–Crippen MR) is 75.9 cm³/mol. The number of hydrogen-bond donors (Lipinski definition) is 0. The van der Waals surface area contributed by atoms with Crippen LogP contribution < -0.4 is 0 Å². The number of rotatable bonds is 4. The summed E-state index contributed by atoms with van der Waals surface area (Å²) in [5.74, 6) is 0.295. The van der Waals surface area contributed by atoms with Crippen molar-refractivity contribution in [2.24, 2.45) is 5.92 Å². The molecule has 1 fully saturated rings. The summed E-state index contributed by atoms with van der Waals surface area (Å²) < 4.78 is 13.6. The Morgan fingerprint density at radius 2 is 1.89 bits per heavy atom. The summed E-state index contributed by atoms with van der Waals surface area (Å²) in [5.41, 5.74) is 0.422. The topological polar surface area (TPSA) is 17.1 Å². The molecule has 0 spiro atoms. The molecule has 0 aromatic heterocycles. The fourth-order valence-electron chi connectivity index (χ4n) is 2.85. The summed E-state index contributed by atoms with van der Waals surface area (Å²) in [7, 11) is 0. The first-order valence-corrected chi connectivity index (χ1v) is 7.48. The molecule has 1 aromatic carbocycles. The molecule has 3 heteroatoms. The minimum Gasteiger partial charge on any atom is -0.299 e. The Kier molecular flexibility index (Phi) is 5.38. The fourth-order valence-corrected chi connectivity index (χ4v) is 3.05. The molecule has 1 nitrogen and oxygen atoms in total. The van der Waals surface area contributed by atoms with Gasteiger partial charge in [-0.25, -0.2) is 4.39 Å². The lowest BCUT2D eigenvalue weighted by Gasteiger charge is -2.13. The molecule has 104 valence electrons. The second kappa shape index (κ2) is 7.04. The second-order valence-electron chi connectivity index (χ2n) is 5.51. The molecule has 0 heterocycles. The van der Waals surface area contributed by atoms with Crippen LogP contribution in [0.3, 0.4) is 0 Å². The zero-order valence-corrected chi connectivity index (χ0v) is 11.9. The summed E-state index contributed by atoms with van der Waals surface area (Å²) in [4.78, 5) is 12.0. The highest BCUT2D eigenvalue weighted by Gasteiger charge is 2.17. The highest BCUT2D eigenvalue weighted by Crippen LogP contribution is 2.26. The van der Waals surface area contributed by atoms with Gasteiger partial charge in [0.1, 0.15) is 11.6 Å². The number of ketones is 1. The molecule has 0 N–H and O–H groups in total. The van der Waals surface area contributed by atoms with Crippen LogP contribution in [0.4, 0.5) is 4.39 Å². The molecule has 1 aromatic rings. The van der Waals surface area contributed by atoms with Crippen molar-refractivity contribution in [2.75, 3.05) is 0 Å². The van der Waals surface area contributed by atoms with Crippen molar-refractivity contribution in [3.63, 3.8) is 0 Å². The van der Waals surface area contributed by atoms with Gasteiger partial charge >= 0.3 is 0 Å². The minimum atomic E-state index is -0.335. The lowest BCUT2D eigenvalue weighted by molar-refractivity contribution is -0.119. The zero-order valence-electron chi connectivity index (χ0n) is 11.1. The Morgan fingerprint density at radius 1 is 1.21 bits per heavy atom. The highest BCUT2D eigenvalue weighted by molar-refractivity contribution is 6.30. The number of carbonyl (C=O) groups is 1. The van der Waals surface area contributed by atoms with E-state index in [-0.39, 0.29) is 18.0 Å². The smallest absolute Gasteiger partial charge is 0.137 e. The van der Waals surface area contributed by atoms with Gasteiger partial charge in [0.25, 0.3) is 0 Å². The van der Waals surface area contributed by atoms with Gasteiger partial charge in [-0.05, 0) is 29.7 Å². The molecular formula is C16H20ClFO. The van der Waals surface area contributed by atoms with Gasteiger partial charge in [-0.3, -0.25) is 4.79 Å². The number of benzene rings is 1. The Bertz CT molecular complexity index is 436. The molecule has 0 radical (unpaired) electrons. The average molecular weight is 283 g/mol. The molecule has 0 amide bonds. The van der Waals surface area contributed by atoms with Crippen molar-refractivity contribution >= 4 is 17.4 Å². The first-order valence-electron chi connectivity index (χ1n) is 7.11. The van der Waals surface area contributed by atoms with Crippen molar-refractivity contribution in [3.05, 3.63) is 34.6 Å². The van der Waals surface area contributed by atoms with Gasteiger partial charge in [0.15, 0.2) is 0 Å². The molecule has 1 saturated carbocycles. The standard InChI is InChI=1S/C16H20ClFO/c17-14-7-8-16(18)13(10-14)11-15(19)9-12-5-3-1-2-4-6-12/h7-8,10,12H,1-6,9,11H2. The number of halogens is 2. The van der Waals surface area contributed by atoms with Gasteiger partial charge in [0.2, 0.25) is 0 Å². The Balaban J connectivity index is 1.91. The maximum atomic E-state index is 13.6. The number of carbonyl (C=O) groups excluding carboxylic acids is 1. The number of Topliss-reactive ketones (excluding diaryl/α,β-unsaturated/α-hetero) is 1. The molecule has 0 atom stereocenters. The van der Waals surface area contributed by atoms with Crippen molar-refractivity contribution in [3.8, 4) is 0 Å². The van der Waals surface area contributed by atoms with E-state index in [1.54, 1.807) is 6.07 Å². The van der Waals surface area contributed by atoms with Crippen LogP contribution in [-0.2, 0) is 11.2 Å². The van der Waals surface area contributed by atoms with E-state index in [1.807, 2.05) is 0 Å². The largest absolute Gasteiger partial charge is 0.299 e. The van der Waals surface area contributed by atoms with Crippen molar-refractivity contribution in [1.29, 1.82) is 0 Å². The van der Waals surface area contributed by atoms with E-state index in [4.69, 9.17) is 11.6 Å². The normalized spacial score (nSPS) is 17.2. The molecule has 0 aliphatic heterocycles. The van der Waals surface area contributed by atoms with Gasteiger partial charge < -0.3 is 0 Å². The van der Waals surface area contributed by atoms with Crippen LogP contribution in [0.5, 0.6) is 0 Å².